The van der Waals surface area contributed by atoms with E-state index in [4.69, 9.17) is 4.74 Å². The van der Waals surface area contributed by atoms with Gasteiger partial charge in [0, 0.05) is 14.2 Å². The van der Waals surface area contributed by atoms with Crippen LogP contribution in [0.3, 0.4) is 0 Å². The Bertz CT molecular complexity index is 544. The molecule has 2 aliphatic rings. The second kappa shape index (κ2) is 8.58. The molecule has 3 rings (SSSR count). The third kappa shape index (κ3) is 3.95. The molecule has 0 spiro atoms. The van der Waals surface area contributed by atoms with Crippen LogP contribution >= 0.6 is 0 Å². The summed E-state index contributed by atoms with van der Waals surface area (Å²) in [6, 6.07) is 6.72. The maximum atomic E-state index is 5.46. The highest BCUT2D eigenvalue weighted by Gasteiger charge is 2.49. The van der Waals surface area contributed by atoms with E-state index in [1.807, 2.05) is 0 Å². The molecule has 134 valence electrons. The zero-order valence-electron chi connectivity index (χ0n) is 16.3. The SMILES string of the molecule is C#C.COC.COc1ccc2c(c1)C1(C)CCCC(C)(C)C1CC2. The van der Waals surface area contributed by atoms with E-state index < -0.39 is 0 Å². The number of fused-ring (bicyclic) bond motifs is 3. The van der Waals surface area contributed by atoms with Crippen molar-refractivity contribution in [3.8, 4) is 18.6 Å². The van der Waals surface area contributed by atoms with Gasteiger partial charge in [-0.1, -0.05) is 33.3 Å². The molecule has 2 nitrogen and oxygen atoms in total. The van der Waals surface area contributed by atoms with E-state index in [0.29, 0.717) is 10.8 Å². The second-order valence-electron chi connectivity index (χ2n) is 7.78. The number of hydrogen-bond donors (Lipinski definition) is 0. The van der Waals surface area contributed by atoms with Crippen LogP contribution in [-0.2, 0) is 16.6 Å². The Kier molecular flexibility index (Phi) is 7.36. The molecule has 1 fully saturated rings. The molecule has 2 unspecified atom stereocenters. The first-order chi connectivity index (χ1) is 11.4. The minimum absolute atomic E-state index is 0.351. The van der Waals surface area contributed by atoms with Gasteiger partial charge in [0.25, 0.3) is 0 Å². The predicted molar refractivity (Wildman–Crippen MR) is 103 cm³/mol. The summed E-state index contributed by atoms with van der Waals surface area (Å²) in [7, 11) is 5.02. The molecule has 1 saturated carbocycles. The molecule has 1 aromatic carbocycles. The summed E-state index contributed by atoms with van der Waals surface area (Å²) in [6.45, 7) is 7.44. The molecule has 0 N–H and O–H groups in total. The predicted octanol–water partition coefficient (Wildman–Crippen LogP) is 5.24. The highest BCUT2D eigenvalue weighted by Crippen LogP contribution is 2.57. The Morgan fingerprint density at radius 3 is 2.25 bits per heavy atom. The molecule has 0 aromatic heterocycles. The van der Waals surface area contributed by atoms with Crippen LogP contribution in [0.2, 0.25) is 0 Å². The fourth-order valence-electron chi connectivity index (χ4n) is 4.89. The molecule has 0 saturated heterocycles. The molecule has 2 heteroatoms. The molecule has 2 atom stereocenters. The quantitative estimate of drug-likeness (QED) is 0.656. The zero-order chi connectivity index (χ0) is 18.4. The lowest BCUT2D eigenvalue weighted by molar-refractivity contribution is 0.0406. The van der Waals surface area contributed by atoms with Gasteiger partial charge in [-0.2, -0.15) is 0 Å². The van der Waals surface area contributed by atoms with Gasteiger partial charge in [-0.05, 0) is 65.7 Å². The van der Waals surface area contributed by atoms with Crippen molar-refractivity contribution >= 4 is 0 Å². The van der Waals surface area contributed by atoms with E-state index in [0.717, 1.165) is 11.7 Å². The largest absolute Gasteiger partial charge is 0.497 e. The van der Waals surface area contributed by atoms with E-state index in [9.17, 15) is 0 Å². The van der Waals surface area contributed by atoms with Gasteiger partial charge in [0.1, 0.15) is 5.75 Å². The second-order valence-corrected chi connectivity index (χ2v) is 7.78. The lowest BCUT2D eigenvalue weighted by atomic mass is 9.50. The van der Waals surface area contributed by atoms with Crippen LogP contribution in [0.1, 0.15) is 57.6 Å². The maximum absolute atomic E-state index is 5.46. The topological polar surface area (TPSA) is 18.5 Å². The summed E-state index contributed by atoms with van der Waals surface area (Å²) < 4.78 is 9.71. The molecule has 0 bridgehead atoms. The highest BCUT2D eigenvalue weighted by atomic mass is 16.5. The van der Waals surface area contributed by atoms with Gasteiger partial charge in [0.15, 0.2) is 0 Å². The summed E-state index contributed by atoms with van der Waals surface area (Å²) in [4.78, 5) is 0. The molecule has 0 aliphatic heterocycles. The van der Waals surface area contributed by atoms with Crippen molar-refractivity contribution in [2.75, 3.05) is 21.3 Å². The van der Waals surface area contributed by atoms with Crippen molar-refractivity contribution in [3.05, 3.63) is 29.3 Å². The van der Waals surface area contributed by atoms with Crippen LogP contribution in [0.15, 0.2) is 18.2 Å². The third-order valence-corrected chi connectivity index (χ3v) is 5.86. The van der Waals surface area contributed by atoms with Gasteiger partial charge < -0.3 is 9.47 Å². The summed E-state index contributed by atoms with van der Waals surface area (Å²) in [5, 5.41) is 0. The number of methoxy groups -OCH3 is 2. The average molecular weight is 331 g/mol. The minimum Gasteiger partial charge on any atom is -0.497 e. The Morgan fingerprint density at radius 2 is 1.67 bits per heavy atom. The van der Waals surface area contributed by atoms with Gasteiger partial charge in [0.2, 0.25) is 0 Å². The smallest absolute Gasteiger partial charge is 0.119 e. The normalized spacial score (nSPS) is 26.4. The summed E-state index contributed by atoms with van der Waals surface area (Å²) in [5.74, 6) is 1.83. The Balaban J connectivity index is 0.000000521. The van der Waals surface area contributed by atoms with Gasteiger partial charge in [-0.15, -0.1) is 12.8 Å². The van der Waals surface area contributed by atoms with Crippen LogP contribution in [-0.4, -0.2) is 21.3 Å². The molecule has 24 heavy (non-hydrogen) atoms. The van der Waals surface area contributed by atoms with Crippen molar-refractivity contribution < 1.29 is 9.47 Å². The summed E-state index contributed by atoms with van der Waals surface area (Å²) in [5.41, 5.74) is 3.95. The first-order valence-electron chi connectivity index (χ1n) is 8.80. The van der Waals surface area contributed by atoms with Crippen molar-refractivity contribution in [2.45, 2.75) is 58.3 Å². The van der Waals surface area contributed by atoms with Crippen molar-refractivity contribution in [1.29, 1.82) is 0 Å². The molecule has 0 radical (unpaired) electrons. The lowest BCUT2D eigenvalue weighted by Crippen LogP contribution is -2.47. The fourth-order valence-corrected chi connectivity index (χ4v) is 4.89. The molecular weight excluding hydrogens is 296 g/mol. The maximum Gasteiger partial charge on any atom is 0.119 e. The van der Waals surface area contributed by atoms with Gasteiger partial charge in [-0.25, -0.2) is 0 Å². The average Bonchev–Trinajstić information content (AvgIpc) is 2.56. The van der Waals surface area contributed by atoms with Gasteiger partial charge in [0.05, 0.1) is 7.11 Å². The van der Waals surface area contributed by atoms with Crippen LogP contribution in [0.25, 0.3) is 0 Å². The first kappa shape index (κ1) is 20.6. The number of benzene rings is 1. The van der Waals surface area contributed by atoms with Gasteiger partial charge in [-0.3, -0.25) is 0 Å². The van der Waals surface area contributed by atoms with Crippen LogP contribution in [0.5, 0.6) is 5.75 Å². The Morgan fingerprint density at radius 1 is 1.04 bits per heavy atom. The first-order valence-corrected chi connectivity index (χ1v) is 8.80. The standard InChI is InChI=1S/C18H26O.C2H6O.C2H2/c1-17(2)10-5-11-18(3)15-12-14(19-4)8-6-13(15)7-9-16(17)18;1-3-2;1-2/h6,8,12,16H,5,7,9-11H2,1-4H3;1-2H3;1-2H. The summed E-state index contributed by atoms with van der Waals surface area (Å²) >= 11 is 0. The molecule has 0 amide bonds. The number of hydrogen-bond acceptors (Lipinski definition) is 2. The van der Waals surface area contributed by atoms with Crippen molar-refractivity contribution in [1.82, 2.24) is 0 Å². The monoisotopic (exact) mass is 330 g/mol. The number of rotatable bonds is 1. The van der Waals surface area contributed by atoms with E-state index in [2.05, 4.69) is 56.6 Å². The van der Waals surface area contributed by atoms with Crippen LogP contribution in [0.4, 0.5) is 0 Å². The van der Waals surface area contributed by atoms with Crippen LogP contribution in [0, 0.1) is 24.2 Å². The third-order valence-electron chi connectivity index (χ3n) is 5.86. The van der Waals surface area contributed by atoms with Gasteiger partial charge >= 0.3 is 0 Å². The number of ether oxygens (including phenoxy) is 2. The molecule has 2 aliphatic carbocycles. The molecular formula is C22H34O2. The zero-order valence-corrected chi connectivity index (χ0v) is 16.3. The number of aryl methyl sites for hydroxylation is 1. The van der Waals surface area contributed by atoms with Crippen molar-refractivity contribution in [3.63, 3.8) is 0 Å². The summed E-state index contributed by atoms with van der Waals surface area (Å²) in [6.07, 6.45) is 14.7. The molecule has 1 aromatic rings. The van der Waals surface area contributed by atoms with E-state index in [1.165, 1.54) is 32.1 Å². The van der Waals surface area contributed by atoms with E-state index in [1.54, 1.807) is 32.5 Å². The van der Waals surface area contributed by atoms with E-state index >= 15 is 0 Å². The lowest BCUT2D eigenvalue weighted by Gasteiger charge is -2.54. The van der Waals surface area contributed by atoms with Crippen LogP contribution < -0.4 is 4.74 Å². The molecule has 0 heterocycles. The van der Waals surface area contributed by atoms with Crippen molar-refractivity contribution in [2.24, 2.45) is 11.3 Å². The fraction of sp³-hybridized carbons (Fsp3) is 0.636. The minimum atomic E-state index is 0.351. The Hall–Kier alpha value is -1.46. The van der Waals surface area contributed by atoms with E-state index in [-0.39, 0.29) is 0 Å². The highest BCUT2D eigenvalue weighted by molar-refractivity contribution is 5.43. The Labute approximate surface area is 148 Å². The number of terminal acetylenes is 1.